The van der Waals surface area contributed by atoms with Crippen LogP contribution in [0, 0.1) is 0 Å². The predicted octanol–water partition coefficient (Wildman–Crippen LogP) is 6.41. The maximum absolute atomic E-state index is 13.0. The number of ether oxygens (including phenoxy) is 2. The highest BCUT2D eigenvalue weighted by atomic mass is 32.2. The second kappa shape index (κ2) is 13.4. The average Bonchev–Trinajstić information content (AvgIpc) is 3.07. The van der Waals surface area contributed by atoms with Crippen LogP contribution in [0.3, 0.4) is 0 Å². The monoisotopic (exact) mass is 607 g/mol. The molecule has 4 aromatic carbocycles. The topological polar surface area (TPSA) is 131 Å². The number of anilines is 1. The van der Waals surface area contributed by atoms with Gasteiger partial charge in [0.15, 0.2) is 6.29 Å². The van der Waals surface area contributed by atoms with Gasteiger partial charge < -0.3 is 25.0 Å². The SMILES string of the molecule is O=C(O)c1ccc(SC[C@@H]2C[C@H](c3ccc(CO)cc3)O[C@H](c3cccc(NC(=O)c4cnc5ccccc5n4)c3)O2)cc1. The van der Waals surface area contributed by atoms with Crippen LogP contribution in [0.1, 0.15) is 56.4 Å². The molecule has 6 rings (SSSR count). The number of nitrogens with one attached hydrogen (secondary N) is 1. The number of hydrogen-bond donors (Lipinski definition) is 3. The summed E-state index contributed by atoms with van der Waals surface area (Å²) in [5, 5.41) is 21.6. The highest BCUT2D eigenvalue weighted by Crippen LogP contribution is 2.40. The van der Waals surface area contributed by atoms with Crippen LogP contribution in [-0.4, -0.2) is 43.9 Å². The molecule has 1 amide bonds. The van der Waals surface area contributed by atoms with E-state index >= 15 is 0 Å². The minimum atomic E-state index is -0.962. The fourth-order valence-corrected chi connectivity index (χ4v) is 5.85. The first kappa shape index (κ1) is 29.5. The van der Waals surface area contributed by atoms with E-state index in [0.717, 1.165) is 21.6 Å². The number of rotatable bonds is 9. The van der Waals surface area contributed by atoms with E-state index in [9.17, 15) is 19.8 Å². The van der Waals surface area contributed by atoms with Crippen LogP contribution >= 0.6 is 11.8 Å². The van der Waals surface area contributed by atoms with E-state index in [1.807, 2.05) is 66.7 Å². The molecule has 44 heavy (non-hydrogen) atoms. The molecule has 0 spiro atoms. The van der Waals surface area contributed by atoms with Crippen LogP contribution in [0.4, 0.5) is 5.69 Å². The van der Waals surface area contributed by atoms with E-state index in [0.29, 0.717) is 28.9 Å². The molecule has 2 heterocycles. The molecule has 1 aliphatic heterocycles. The number of aliphatic hydroxyl groups excluding tert-OH is 1. The van der Waals surface area contributed by atoms with Crippen LogP contribution < -0.4 is 5.32 Å². The van der Waals surface area contributed by atoms with Crippen molar-refractivity contribution in [2.24, 2.45) is 0 Å². The molecule has 1 aromatic heterocycles. The van der Waals surface area contributed by atoms with Crippen molar-refractivity contribution in [2.75, 3.05) is 11.1 Å². The van der Waals surface area contributed by atoms with Gasteiger partial charge in [0.1, 0.15) is 5.69 Å². The van der Waals surface area contributed by atoms with Crippen LogP contribution in [0.5, 0.6) is 0 Å². The van der Waals surface area contributed by atoms with Gasteiger partial charge in [0, 0.05) is 28.3 Å². The predicted molar refractivity (Wildman–Crippen MR) is 166 cm³/mol. The lowest BCUT2D eigenvalue weighted by molar-refractivity contribution is -0.245. The van der Waals surface area contributed by atoms with Crippen molar-refractivity contribution in [3.05, 3.63) is 131 Å². The van der Waals surface area contributed by atoms with Crippen LogP contribution in [0.2, 0.25) is 0 Å². The normalized spacial score (nSPS) is 18.2. The summed E-state index contributed by atoms with van der Waals surface area (Å²) in [5.41, 5.74) is 4.88. The standard InChI is InChI=1S/C34H29N3O6S/c38-19-21-8-10-22(11-9-21)31-17-26(20-44-27-14-12-23(13-15-27)33(40)41)42-34(43-31)24-4-3-5-25(16-24)36-32(39)30-18-35-28-6-1-2-7-29(28)37-30/h1-16,18,26,31,34,38H,17,19-20H2,(H,36,39)(H,40,41)/t26-,31+,34+/m0/s1. The number of carboxylic acid groups (broad SMARTS) is 1. The molecule has 0 unspecified atom stereocenters. The summed E-state index contributed by atoms with van der Waals surface area (Å²) in [6, 6.07) is 29.1. The number of para-hydroxylation sites is 2. The third-order valence-corrected chi connectivity index (χ3v) is 8.39. The fourth-order valence-electron chi connectivity index (χ4n) is 4.93. The Hall–Kier alpha value is -4.61. The number of thioether (sulfide) groups is 1. The summed E-state index contributed by atoms with van der Waals surface area (Å²) >= 11 is 1.58. The summed E-state index contributed by atoms with van der Waals surface area (Å²) in [5.74, 6) is -0.721. The van der Waals surface area contributed by atoms with Crippen LogP contribution in [0.15, 0.2) is 108 Å². The van der Waals surface area contributed by atoms with E-state index in [4.69, 9.17) is 9.47 Å². The Morgan fingerprint density at radius 2 is 1.66 bits per heavy atom. The van der Waals surface area contributed by atoms with Gasteiger partial charge in [0.25, 0.3) is 5.91 Å². The largest absolute Gasteiger partial charge is 0.478 e. The molecule has 0 saturated carbocycles. The van der Waals surface area contributed by atoms with Gasteiger partial charge in [0.05, 0.1) is 41.6 Å². The van der Waals surface area contributed by atoms with Crippen molar-refractivity contribution in [1.29, 1.82) is 0 Å². The Morgan fingerprint density at radius 1 is 0.886 bits per heavy atom. The van der Waals surface area contributed by atoms with Crippen LogP contribution in [-0.2, 0) is 16.1 Å². The van der Waals surface area contributed by atoms with E-state index in [1.165, 1.54) is 6.20 Å². The number of benzene rings is 4. The molecule has 3 atom stereocenters. The summed E-state index contributed by atoms with van der Waals surface area (Å²) < 4.78 is 12.9. The molecule has 5 aromatic rings. The van der Waals surface area contributed by atoms with Gasteiger partial charge in [-0.15, -0.1) is 11.8 Å². The number of aromatic carboxylic acids is 1. The number of hydrogen-bond acceptors (Lipinski definition) is 8. The number of carboxylic acids is 1. The summed E-state index contributed by atoms with van der Waals surface area (Å²) in [6.45, 7) is -0.0409. The Labute approximate surface area is 257 Å². The molecule has 10 heteroatoms. The van der Waals surface area contributed by atoms with Crippen molar-refractivity contribution in [3.63, 3.8) is 0 Å². The molecule has 222 valence electrons. The number of amides is 1. The molecule has 9 nitrogen and oxygen atoms in total. The van der Waals surface area contributed by atoms with E-state index in [1.54, 1.807) is 42.1 Å². The van der Waals surface area contributed by atoms with E-state index < -0.39 is 12.3 Å². The highest BCUT2D eigenvalue weighted by Gasteiger charge is 2.32. The number of aliphatic hydroxyl groups is 1. The summed E-state index contributed by atoms with van der Waals surface area (Å²) in [4.78, 5) is 34.0. The molecule has 3 N–H and O–H groups in total. The molecule has 0 radical (unpaired) electrons. The average molecular weight is 608 g/mol. The van der Waals surface area contributed by atoms with Crippen molar-refractivity contribution < 1.29 is 29.3 Å². The lowest BCUT2D eigenvalue weighted by atomic mass is 10.0. The summed E-state index contributed by atoms with van der Waals surface area (Å²) in [7, 11) is 0. The first-order valence-electron chi connectivity index (χ1n) is 14.0. The zero-order chi connectivity index (χ0) is 30.5. The van der Waals surface area contributed by atoms with Crippen molar-refractivity contribution in [2.45, 2.75) is 36.4 Å². The number of aromatic nitrogens is 2. The zero-order valence-electron chi connectivity index (χ0n) is 23.5. The van der Waals surface area contributed by atoms with Gasteiger partial charge in [-0.25, -0.2) is 9.78 Å². The Bertz CT molecular complexity index is 1780. The zero-order valence-corrected chi connectivity index (χ0v) is 24.3. The molecule has 1 fully saturated rings. The number of carbonyl (C=O) groups is 2. The Balaban J connectivity index is 1.20. The van der Waals surface area contributed by atoms with Gasteiger partial charge in [-0.05, 0) is 59.7 Å². The molecular weight excluding hydrogens is 578 g/mol. The molecule has 1 aliphatic rings. The minimum Gasteiger partial charge on any atom is -0.478 e. The number of carbonyl (C=O) groups excluding carboxylic acids is 1. The third kappa shape index (κ3) is 6.95. The van der Waals surface area contributed by atoms with Gasteiger partial charge >= 0.3 is 5.97 Å². The number of nitrogens with zero attached hydrogens (tertiary/aromatic N) is 2. The Morgan fingerprint density at radius 3 is 2.41 bits per heavy atom. The van der Waals surface area contributed by atoms with E-state index in [-0.39, 0.29) is 36.0 Å². The minimum absolute atomic E-state index is 0.0409. The third-order valence-electron chi connectivity index (χ3n) is 7.25. The smallest absolute Gasteiger partial charge is 0.335 e. The summed E-state index contributed by atoms with van der Waals surface area (Å²) in [6.07, 6.45) is 0.897. The van der Waals surface area contributed by atoms with Gasteiger partial charge in [-0.1, -0.05) is 48.5 Å². The lowest BCUT2D eigenvalue weighted by Gasteiger charge is -2.36. The first-order chi connectivity index (χ1) is 21.4. The van der Waals surface area contributed by atoms with Crippen LogP contribution in [0.25, 0.3) is 11.0 Å². The molecule has 1 saturated heterocycles. The van der Waals surface area contributed by atoms with E-state index in [2.05, 4.69) is 15.3 Å². The van der Waals surface area contributed by atoms with Crippen molar-refractivity contribution in [3.8, 4) is 0 Å². The highest BCUT2D eigenvalue weighted by molar-refractivity contribution is 7.99. The molecule has 0 bridgehead atoms. The van der Waals surface area contributed by atoms with Crippen molar-refractivity contribution >= 4 is 40.4 Å². The lowest BCUT2D eigenvalue weighted by Crippen LogP contribution is -2.31. The van der Waals surface area contributed by atoms with Gasteiger partial charge in [-0.2, -0.15) is 0 Å². The Kier molecular flexibility index (Phi) is 8.94. The second-order valence-electron chi connectivity index (χ2n) is 10.3. The second-order valence-corrected chi connectivity index (χ2v) is 11.4. The fraction of sp³-hybridized carbons (Fsp3) is 0.176. The van der Waals surface area contributed by atoms with Gasteiger partial charge in [0.2, 0.25) is 0 Å². The van der Waals surface area contributed by atoms with Gasteiger partial charge in [-0.3, -0.25) is 9.78 Å². The maximum Gasteiger partial charge on any atom is 0.335 e. The molecular formula is C34H29N3O6S. The number of fused-ring (bicyclic) bond motifs is 1. The van der Waals surface area contributed by atoms with Crippen molar-refractivity contribution in [1.82, 2.24) is 9.97 Å². The molecule has 0 aliphatic carbocycles. The first-order valence-corrected chi connectivity index (χ1v) is 15.0. The maximum atomic E-state index is 13.0. The quantitative estimate of drug-likeness (QED) is 0.163.